The molecule has 2 amide bonds. The molecule has 0 spiro atoms. The summed E-state index contributed by atoms with van der Waals surface area (Å²) < 4.78 is 40.9. The molecule has 2 aromatic rings. The number of methoxy groups -OCH3 is 1. The van der Waals surface area contributed by atoms with Gasteiger partial charge in [0.05, 0.1) is 18.6 Å². The zero-order chi connectivity index (χ0) is 21.0. The Balaban J connectivity index is 1.89. The molecule has 1 saturated heterocycles. The van der Waals surface area contributed by atoms with Crippen molar-refractivity contribution in [2.45, 2.75) is 11.8 Å². The van der Waals surface area contributed by atoms with Crippen molar-refractivity contribution >= 4 is 39.1 Å². The van der Waals surface area contributed by atoms with Gasteiger partial charge in [0.15, 0.2) is 11.5 Å². The molecule has 3 rings (SSSR count). The molecule has 1 heterocycles. The largest absolute Gasteiger partial charge is 0.497 e. The maximum atomic E-state index is 12.6. The summed E-state index contributed by atoms with van der Waals surface area (Å²) in [5.74, 6) is 0.224. The quantitative estimate of drug-likeness (QED) is 0.522. The fourth-order valence-electron chi connectivity index (χ4n) is 2.43. The van der Waals surface area contributed by atoms with Crippen molar-refractivity contribution < 1.29 is 31.7 Å². The van der Waals surface area contributed by atoms with Crippen molar-refractivity contribution in [1.29, 1.82) is 0 Å². The van der Waals surface area contributed by atoms with Crippen molar-refractivity contribution in [1.82, 2.24) is 5.32 Å². The minimum absolute atomic E-state index is 0.00409. The van der Waals surface area contributed by atoms with Crippen LogP contribution in [0.25, 0.3) is 6.08 Å². The van der Waals surface area contributed by atoms with Crippen LogP contribution in [-0.4, -0.2) is 33.3 Å². The van der Waals surface area contributed by atoms with E-state index in [1.165, 1.54) is 49.6 Å². The van der Waals surface area contributed by atoms with Crippen LogP contribution in [0.3, 0.4) is 0 Å². The zero-order valence-electron chi connectivity index (χ0n) is 15.5. The van der Waals surface area contributed by atoms with Gasteiger partial charge in [0.1, 0.15) is 10.6 Å². The van der Waals surface area contributed by atoms with Crippen LogP contribution in [0.2, 0.25) is 0 Å². The van der Waals surface area contributed by atoms with E-state index in [0.717, 1.165) is 11.8 Å². The number of benzene rings is 2. The van der Waals surface area contributed by atoms with Crippen LogP contribution in [0.5, 0.6) is 17.2 Å². The summed E-state index contributed by atoms with van der Waals surface area (Å²) in [5.41, 5.74) is 0.551. The van der Waals surface area contributed by atoms with Crippen molar-refractivity contribution in [3.63, 3.8) is 0 Å². The fourth-order valence-corrected chi connectivity index (χ4v) is 4.05. The van der Waals surface area contributed by atoms with Crippen LogP contribution in [0.1, 0.15) is 12.5 Å². The second-order valence-corrected chi connectivity index (χ2v) is 8.27. The van der Waals surface area contributed by atoms with Crippen LogP contribution in [-0.2, 0) is 14.9 Å². The molecule has 2 aromatic carbocycles. The second kappa shape index (κ2) is 8.58. The minimum Gasteiger partial charge on any atom is -0.497 e. The number of amides is 2. The van der Waals surface area contributed by atoms with Gasteiger partial charge in [-0.05, 0) is 66.7 Å². The monoisotopic (exact) mass is 435 g/mol. The fraction of sp³-hybridized carbons (Fsp3) is 0.158. The third-order valence-corrected chi connectivity index (χ3v) is 5.81. The highest BCUT2D eigenvalue weighted by Gasteiger charge is 2.25. The first-order valence-electron chi connectivity index (χ1n) is 8.42. The molecule has 0 aromatic heterocycles. The van der Waals surface area contributed by atoms with Gasteiger partial charge < -0.3 is 13.7 Å². The Labute approximate surface area is 172 Å². The predicted molar refractivity (Wildman–Crippen MR) is 108 cm³/mol. The van der Waals surface area contributed by atoms with Crippen LogP contribution in [0.4, 0.5) is 4.79 Å². The SMILES string of the molecule is CCOc1cc(/C=C2\SC(=O)NC2=O)ccc1OS(=O)(=O)c1ccc(OC)cc1. The number of hydrogen-bond donors (Lipinski definition) is 1. The van der Waals surface area contributed by atoms with E-state index in [0.29, 0.717) is 11.3 Å². The Morgan fingerprint density at radius 3 is 2.38 bits per heavy atom. The molecular formula is C19H17NO7S2. The Morgan fingerprint density at radius 1 is 1.07 bits per heavy atom. The Morgan fingerprint density at radius 2 is 1.79 bits per heavy atom. The highest BCUT2D eigenvalue weighted by Crippen LogP contribution is 2.33. The van der Waals surface area contributed by atoms with Crippen molar-refractivity contribution in [3.8, 4) is 17.2 Å². The van der Waals surface area contributed by atoms with Gasteiger partial charge in [-0.2, -0.15) is 8.42 Å². The number of rotatable bonds is 7. The molecule has 0 unspecified atom stereocenters. The molecule has 8 nitrogen and oxygen atoms in total. The molecule has 0 radical (unpaired) electrons. The third-order valence-electron chi connectivity index (χ3n) is 3.76. The molecule has 1 aliphatic rings. The second-order valence-electron chi connectivity index (χ2n) is 5.70. The van der Waals surface area contributed by atoms with Gasteiger partial charge in [-0.1, -0.05) is 6.07 Å². The molecule has 1 fully saturated rings. The highest BCUT2D eigenvalue weighted by molar-refractivity contribution is 8.18. The molecule has 10 heteroatoms. The molecule has 0 saturated carbocycles. The molecule has 0 aliphatic carbocycles. The molecule has 152 valence electrons. The number of carbonyl (C=O) groups is 2. The van der Waals surface area contributed by atoms with Gasteiger partial charge in [-0.3, -0.25) is 14.9 Å². The first-order valence-corrected chi connectivity index (χ1v) is 10.6. The molecule has 29 heavy (non-hydrogen) atoms. The lowest BCUT2D eigenvalue weighted by molar-refractivity contribution is -0.115. The third kappa shape index (κ3) is 4.90. The lowest BCUT2D eigenvalue weighted by Gasteiger charge is -2.13. The topological polar surface area (TPSA) is 108 Å². The number of imide groups is 1. The standard InChI is InChI=1S/C19H17NO7S2/c1-3-26-16-10-12(11-17-18(21)20-19(22)28-17)4-9-15(16)27-29(23,24)14-7-5-13(25-2)6-8-14/h4-11H,3H2,1-2H3,(H,20,21,22)/b17-11-. The van der Waals surface area contributed by atoms with E-state index in [1.54, 1.807) is 13.0 Å². The summed E-state index contributed by atoms with van der Waals surface area (Å²) in [4.78, 5) is 23.2. The number of carbonyl (C=O) groups excluding carboxylic acids is 2. The Kier molecular flexibility index (Phi) is 6.14. The van der Waals surface area contributed by atoms with Crippen molar-refractivity contribution in [2.24, 2.45) is 0 Å². The van der Waals surface area contributed by atoms with E-state index in [2.05, 4.69) is 5.32 Å². The molecule has 1 N–H and O–H groups in total. The summed E-state index contributed by atoms with van der Waals surface area (Å²) >= 11 is 0.786. The van der Waals surface area contributed by atoms with Crippen LogP contribution in [0.15, 0.2) is 52.3 Å². The van der Waals surface area contributed by atoms with E-state index < -0.39 is 21.3 Å². The van der Waals surface area contributed by atoms with Crippen molar-refractivity contribution in [2.75, 3.05) is 13.7 Å². The summed E-state index contributed by atoms with van der Waals surface area (Å²) in [6.07, 6.45) is 1.51. The number of thioether (sulfide) groups is 1. The van der Waals surface area contributed by atoms with Gasteiger partial charge in [0.2, 0.25) is 0 Å². The molecule has 1 aliphatic heterocycles. The maximum Gasteiger partial charge on any atom is 0.339 e. The smallest absolute Gasteiger partial charge is 0.339 e. The van der Waals surface area contributed by atoms with Gasteiger partial charge >= 0.3 is 10.1 Å². The minimum atomic E-state index is -4.09. The number of hydrogen-bond acceptors (Lipinski definition) is 8. The van der Waals surface area contributed by atoms with Crippen molar-refractivity contribution in [3.05, 3.63) is 52.9 Å². The van der Waals surface area contributed by atoms with Crippen LogP contribution in [0, 0.1) is 0 Å². The van der Waals surface area contributed by atoms with Gasteiger partial charge in [-0.15, -0.1) is 0 Å². The van der Waals surface area contributed by atoms with E-state index in [4.69, 9.17) is 13.7 Å². The number of nitrogens with one attached hydrogen (secondary N) is 1. The molecule has 0 bridgehead atoms. The summed E-state index contributed by atoms with van der Waals surface area (Å²) in [7, 11) is -2.61. The van der Waals surface area contributed by atoms with E-state index in [9.17, 15) is 18.0 Å². The Hall–Kier alpha value is -2.98. The Bertz CT molecular complexity index is 1080. The average Bonchev–Trinajstić information content (AvgIpc) is 3.01. The lowest BCUT2D eigenvalue weighted by atomic mass is 10.2. The summed E-state index contributed by atoms with van der Waals surface area (Å²) in [6, 6.07) is 10.3. The van der Waals surface area contributed by atoms with Gasteiger partial charge in [-0.25, -0.2) is 0 Å². The van der Waals surface area contributed by atoms with Gasteiger partial charge in [0, 0.05) is 0 Å². The lowest BCUT2D eigenvalue weighted by Crippen LogP contribution is -2.17. The average molecular weight is 435 g/mol. The van der Waals surface area contributed by atoms with Crippen LogP contribution < -0.4 is 19.0 Å². The van der Waals surface area contributed by atoms with E-state index in [-0.39, 0.29) is 27.9 Å². The number of ether oxygens (including phenoxy) is 2. The highest BCUT2D eigenvalue weighted by atomic mass is 32.2. The normalized spacial score (nSPS) is 15.3. The predicted octanol–water partition coefficient (Wildman–Crippen LogP) is 3.19. The molecular weight excluding hydrogens is 418 g/mol. The summed E-state index contributed by atoms with van der Waals surface area (Å²) in [5, 5.41) is 1.72. The van der Waals surface area contributed by atoms with E-state index >= 15 is 0 Å². The molecule has 0 atom stereocenters. The van der Waals surface area contributed by atoms with Crippen LogP contribution >= 0.6 is 11.8 Å². The first kappa shape index (κ1) is 20.7. The zero-order valence-corrected chi connectivity index (χ0v) is 17.1. The van der Waals surface area contributed by atoms with Gasteiger partial charge in [0.25, 0.3) is 11.1 Å². The maximum absolute atomic E-state index is 12.6. The summed E-state index contributed by atoms with van der Waals surface area (Å²) in [6.45, 7) is 2.01. The van der Waals surface area contributed by atoms with E-state index in [1.807, 2.05) is 0 Å². The first-order chi connectivity index (χ1) is 13.8.